The van der Waals surface area contributed by atoms with Gasteiger partial charge in [-0.15, -0.1) is 0 Å². The molecule has 1 atom stereocenters. The van der Waals surface area contributed by atoms with Gasteiger partial charge in [-0.3, -0.25) is 24.1 Å². The lowest BCUT2D eigenvalue weighted by molar-refractivity contribution is -0.134. The highest BCUT2D eigenvalue weighted by atomic mass is 16.2. The molecule has 0 aliphatic rings. The number of aryl methyl sites for hydroxylation is 2. The number of nitrogens with one attached hydrogen (secondary N) is 1. The number of aromatic amines is 1. The van der Waals surface area contributed by atoms with E-state index in [1.165, 1.54) is 16.3 Å². The Kier molecular flexibility index (Phi) is 6.95. The van der Waals surface area contributed by atoms with Crippen molar-refractivity contribution in [2.75, 3.05) is 0 Å². The molecule has 0 saturated carbocycles. The van der Waals surface area contributed by atoms with E-state index in [1.807, 2.05) is 43.3 Å². The Morgan fingerprint density at radius 2 is 1.87 bits per heavy atom. The van der Waals surface area contributed by atoms with Crippen LogP contribution in [0.5, 0.6) is 0 Å². The Bertz CT molecular complexity index is 1090. The summed E-state index contributed by atoms with van der Waals surface area (Å²) in [5.41, 5.74) is 1.35. The number of carbonyl (C=O) groups is 1. The highest BCUT2D eigenvalue weighted by Gasteiger charge is 2.22. The van der Waals surface area contributed by atoms with Gasteiger partial charge >= 0.3 is 5.69 Å². The normalized spacial score (nSPS) is 11.8. The zero-order valence-corrected chi connectivity index (χ0v) is 17.2. The standard InChI is InChI=1S/C23H26N4O3/c1-17-14-26(23(30)25-22(17)29)16-21(28)27(15-20-10-6-7-13-24-20)18(2)11-12-19-8-4-3-5-9-19/h3-10,13-14,18H,11-12,15-16H2,1-2H3,(H,25,29,30)/t18-/m1/s1. The topological polar surface area (TPSA) is 88.1 Å². The highest BCUT2D eigenvalue weighted by molar-refractivity contribution is 5.76. The maximum atomic E-state index is 13.2. The van der Waals surface area contributed by atoms with Crippen LogP contribution in [0.3, 0.4) is 0 Å². The molecule has 0 fully saturated rings. The molecule has 0 aliphatic heterocycles. The fourth-order valence-electron chi connectivity index (χ4n) is 3.30. The van der Waals surface area contributed by atoms with Crippen LogP contribution in [0.1, 0.15) is 30.2 Å². The first kappa shape index (κ1) is 21.2. The molecule has 0 unspecified atom stereocenters. The molecule has 2 aromatic heterocycles. The smallest absolute Gasteiger partial charge is 0.328 e. The lowest BCUT2D eigenvalue weighted by atomic mass is 10.0. The number of rotatable bonds is 8. The van der Waals surface area contributed by atoms with Crippen molar-refractivity contribution in [3.05, 3.63) is 98.6 Å². The number of aromatic nitrogens is 3. The Morgan fingerprint density at radius 1 is 1.13 bits per heavy atom. The molecular weight excluding hydrogens is 380 g/mol. The molecule has 0 aliphatic carbocycles. The summed E-state index contributed by atoms with van der Waals surface area (Å²) in [6.45, 7) is 3.82. The second-order valence-electron chi connectivity index (χ2n) is 7.42. The monoisotopic (exact) mass is 406 g/mol. The van der Waals surface area contributed by atoms with E-state index in [2.05, 4.69) is 22.1 Å². The van der Waals surface area contributed by atoms with E-state index in [9.17, 15) is 14.4 Å². The quantitative estimate of drug-likeness (QED) is 0.622. The van der Waals surface area contributed by atoms with Gasteiger partial charge in [-0.05, 0) is 44.4 Å². The largest absolute Gasteiger partial charge is 0.333 e. The minimum atomic E-state index is -0.589. The van der Waals surface area contributed by atoms with Crippen LogP contribution in [-0.4, -0.2) is 31.4 Å². The van der Waals surface area contributed by atoms with Crippen LogP contribution in [0.25, 0.3) is 0 Å². The first-order valence-electron chi connectivity index (χ1n) is 9.97. The van der Waals surface area contributed by atoms with Gasteiger partial charge in [0.25, 0.3) is 5.56 Å². The van der Waals surface area contributed by atoms with Crippen LogP contribution < -0.4 is 11.2 Å². The van der Waals surface area contributed by atoms with Crippen LogP contribution in [0.2, 0.25) is 0 Å². The number of H-pyrrole nitrogens is 1. The molecule has 156 valence electrons. The molecule has 0 radical (unpaired) electrons. The summed E-state index contributed by atoms with van der Waals surface area (Å²) < 4.78 is 1.24. The van der Waals surface area contributed by atoms with Crippen molar-refractivity contribution in [1.82, 2.24) is 19.4 Å². The van der Waals surface area contributed by atoms with E-state index in [0.717, 1.165) is 18.5 Å². The zero-order valence-electron chi connectivity index (χ0n) is 17.2. The zero-order chi connectivity index (χ0) is 21.5. The fourth-order valence-corrected chi connectivity index (χ4v) is 3.30. The Balaban J connectivity index is 1.79. The molecule has 1 N–H and O–H groups in total. The summed E-state index contributed by atoms with van der Waals surface area (Å²) in [5.74, 6) is -0.199. The fraction of sp³-hybridized carbons (Fsp3) is 0.304. The Hall–Kier alpha value is -3.48. The third kappa shape index (κ3) is 5.53. The summed E-state index contributed by atoms with van der Waals surface area (Å²) in [4.78, 5) is 45.2. The number of hydrogen-bond donors (Lipinski definition) is 1. The average Bonchev–Trinajstić information content (AvgIpc) is 2.75. The first-order valence-corrected chi connectivity index (χ1v) is 9.97. The maximum Gasteiger partial charge on any atom is 0.328 e. The van der Waals surface area contributed by atoms with E-state index in [-0.39, 0.29) is 18.5 Å². The van der Waals surface area contributed by atoms with Crippen molar-refractivity contribution < 1.29 is 4.79 Å². The number of benzene rings is 1. The Morgan fingerprint density at radius 3 is 2.57 bits per heavy atom. The highest BCUT2D eigenvalue weighted by Crippen LogP contribution is 2.14. The second-order valence-corrected chi connectivity index (χ2v) is 7.42. The third-order valence-electron chi connectivity index (χ3n) is 5.10. The maximum absolute atomic E-state index is 13.2. The van der Waals surface area contributed by atoms with Gasteiger partial charge in [0.05, 0.1) is 12.2 Å². The van der Waals surface area contributed by atoms with Gasteiger partial charge in [0, 0.05) is 24.0 Å². The van der Waals surface area contributed by atoms with Gasteiger partial charge in [-0.25, -0.2) is 4.79 Å². The minimum absolute atomic E-state index is 0.0562. The van der Waals surface area contributed by atoms with Crippen LogP contribution in [0.4, 0.5) is 0 Å². The van der Waals surface area contributed by atoms with Gasteiger partial charge in [-0.2, -0.15) is 0 Å². The van der Waals surface area contributed by atoms with Crippen LogP contribution >= 0.6 is 0 Å². The van der Waals surface area contributed by atoms with Crippen molar-refractivity contribution in [2.45, 2.75) is 45.8 Å². The van der Waals surface area contributed by atoms with Crippen molar-refractivity contribution in [1.29, 1.82) is 0 Å². The number of carbonyl (C=O) groups excluding carboxylic acids is 1. The third-order valence-corrected chi connectivity index (χ3v) is 5.10. The predicted octanol–water partition coefficient (Wildman–Crippen LogP) is 2.29. The molecule has 1 aromatic carbocycles. The van der Waals surface area contributed by atoms with E-state index in [1.54, 1.807) is 18.0 Å². The molecule has 0 bridgehead atoms. The van der Waals surface area contributed by atoms with Crippen LogP contribution in [0.15, 0.2) is 70.5 Å². The molecule has 3 rings (SSSR count). The number of hydrogen-bond acceptors (Lipinski definition) is 4. The number of pyridine rings is 1. The molecular formula is C23H26N4O3. The van der Waals surface area contributed by atoms with E-state index >= 15 is 0 Å². The summed E-state index contributed by atoms with van der Waals surface area (Å²) in [6.07, 6.45) is 4.74. The molecule has 3 aromatic rings. The molecule has 1 amide bonds. The van der Waals surface area contributed by atoms with E-state index < -0.39 is 11.2 Å². The number of amides is 1. The second kappa shape index (κ2) is 9.82. The molecule has 2 heterocycles. The Labute approximate surface area is 175 Å². The lowest BCUT2D eigenvalue weighted by Gasteiger charge is -2.29. The predicted molar refractivity (Wildman–Crippen MR) is 115 cm³/mol. The van der Waals surface area contributed by atoms with Crippen LogP contribution in [-0.2, 0) is 24.3 Å². The minimum Gasteiger partial charge on any atom is -0.333 e. The van der Waals surface area contributed by atoms with Crippen molar-refractivity contribution in [2.24, 2.45) is 0 Å². The van der Waals surface area contributed by atoms with Crippen LogP contribution in [0, 0.1) is 6.92 Å². The van der Waals surface area contributed by atoms with E-state index in [0.29, 0.717) is 12.1 Å². The van der Waals surface area contributed by atoms with Gasteiger partial charge in [-0.1, -0.05) is 36.4 Å². The van der Waals surface area contributed by atoms with Gasteiger partial charge in [0.2, 0.25) is 5.91 Å². The first-order chi connectivity index (χ1) is 14.4. The average molecular weight is 406 g/mol. The molecule has 30 heavy (non-hydrogen) atoms. The van der Waals surface area contributed by atoms with Gasteiger partial charge in [0.1, 0.15) is 6.54 Å². The van der Waals surface area contributed by atoms with Gasteiger partial charge in [0.15, 0.2) is 0 Å². The summed E-state index contributed by atoms with van der Waals surface area (Å²) in [5, 5.41) is 0. The molecule has 0 saturated heterocycles. The van der Waals surface area contributed by atoms with Gasteiger partial charge < -0.3 is 4.90 Å². The number of nitrogens with zero attached hydrogens (tertiary/aromatic N) is 3. The van der Waals surface area contributed by atoms with Crippen molar-refractivity contribution in [3.63, 3.8) is 0 Å². The molecule has 7 heteroatoms. The molecule has 0 spiro atoms. The SMILES string of the molecule is Cc1cn(CC(=O)N(Cc2ccccn2)[C@H](C)CCc2ccccc2)c(=O)[nH]c1=O. The van der Waals surface area contributed by atoms with Crippen molar-refractivity contribution in [3.8, 4) is 0 Å². The summed E-state index contributed by atoms with van der Waals surface area (Å²) in [6, 6.07) is 15.7. The van der Waals surface area contributed by atoms with Crippen molar-refractivity contribution >= 4 is 5.91 Å². The molecule has 7 nitrogen and oxygen atoms in total. The lowest BCUT2D eigenvalue weighted by Crippen LogP contribution is -2.43. The summed E-state index contributed by atoms with van der Waals surface area (Å²) in [7, 11) is 0. The summed E-state index contributed by atoms with van der Waals surface area (Å²) >= 11 is 0. The van der Waals surface area contributed by atoms with E-state index in [4.69, 9.17) is 0 Å².